The second-order valence-corrected chi connectivity index (χ2v) is 7.86. The van der Waals surface area contributed by atoms with Crippen LogP contribution in [0.15, 0.2) is 47.5 Å². The molecule has 150 valence electrons. The van der Waals surface area contributed by atoms with Crippen LogP contribution in [0.5, 0.6) is 11.5 Å². The summed E-state index contributed by atoms with van der Waals surface area (Å²) in [6, 6.07) is 13.3. The van der Waals surface area contributed by atoms with Crippen LogP contribution in [0.2, 0.25) is 0 Å². The summed E-state index contributed by atoms with van der Waals surface area (Å²) in [6.45, 7) is 1.69. The SMILES string of the molecule is CN(C)Cc1nc(SCC(=O)Nc2ccc3c(c2)OCCO3)c2ccccc2n1. The van der Waals surface area contributed by atoms with Gasteiger partial charge in [-0.1, -0.05) is 30.0 Å². The minimum Gasteiger partial charge on any atom is -0.486 e. The third-order valence-corrected chi connectivity index (χ3v) is 5.23. The number of carbonyl (C=O) groups is 1. The lowest BCUT2D eigenvalue weighted by Gasteiger charge is -2.19. The van der Waals surface area contributed by atoms with Crippen LogP contribution in [0.4, 0.5) is 5.69 Å². The van der Waals surface area contributed by atoms with Crippen molar-refractivity contribution in [3.63, 3.8) is 0 Å². The number of amides is 1. The van der Waals surface area contributed by atoms with Gasteiger partial charge in [0.05, 0.1) is 17.8 Å². The Labute approximate surface area is 173 Å². The molecule has 29 heavy (non-hydrogen) atoms. The van der Waals surface area contributed by atoms with Crippen molar-refractivity contribution in [1.82, 2.24) is 14.9 Å². The van der Waals surface area contributed by atoms with Crippen LogP contribution in [0.3, 0.4) is 0 Å². The number of thioether (sulfide) groups is 1. The smallest absolute Gasteiger partial charge is 0.234 e. The second kappa shape index (κ2) is 8.67. The number of ether oxygens (including phenoxy) is 2. The largest absolute Gasteiger partial charge is 0.486 e. The van der Waals surface area contributed by atoms with Crippen molar-refractivity contribution in [2.45, 2.75) is 11.6 Å². The van der Waals surface area contributed by atoms with Crippen molar-refractivity contribution < 1.29 is 14.3 Å². The van der Waals surface area contributed by atoms with Crippen molar-refractivity contribution in [1.29, 1.82) is 0 Å². The predicted octanol–water partition coefficient (Wildman–Crippen LogP) is 3.19. The fourth-order valence-corrected chi connectivity index (χ4v) is 3.85. The molecule has 0 fully saturated rings. The second-order valence-electron chi connectivity index (χ2n) is 6.90. The number of benzene rings is 2. The van der Waals surface area contributed by atoms with Crippen molar-refractivity contribution in [2.75, 3.05) is 38.4 Å². The zero-order chi connectivity index (χ0) is 20.2. The number of para-hydroxylation sites is 1. The maximum atomic E-state index is 12.5. The highest BCUT2D eigenvalue weighted by Crippen LogP contribution is 2.33. The average Bonchev–Trinajstić information content (AvgIpc) is 2.71. The van der Waals surface area contributed by atoms with Crippen LogP contribution in [-0.4, -0.2) is 53.8 Å². The first kappa shape index (κ1) is 19.5. The molecule has 0 saturated carbocycles. The lowest BCUT2D eigenvalue weighted by molar-refractivity contribution is -0.113. The number of aromatic nitrogens is 2. The third-order valence-electron chi connectivity index (χ3n) is 4.24. The van der Waals surface area contributed by atoms with Crippen molar-refractivity contribution >= 4 is 34.3 Å². The molecule has 2 aromatic carbocycles. The van der Waals surface area contributed by atoms with Crippen molar-refractivity contribution in [3.05, 3.63) is 48.3 Å². The van der Waals surface area contributed by atoms with E-state index >= 15 is 0 Å². The number of hydrogen-bond donors (Lipinski definition) is 1. The quantitative estimate of drug-likeness (QED) is 0.494. The average molecular weight is 410 g/mol. The molecule has 8 heteroatoms. The number of anilines is 1. The van der Waals surface area contributed by atoms with Crippen LogP contribution in [-0.2, 0) is 11.3 Å². The Balaban J connectivity index is 1.46. The molecule has 3 aromatic rings. The van der Waals surface area contributed by atoms with E-state index < -0.39 is 0 Å². The van der Waals surface area contributed by atoms with E-state index in [2.05, 4.69) is 15.3 Å². The van der Waals surface area contributed by atoms with Gasteiger partial charge in [-0.05, 0) is 32.3 Å². The van der Waals surface area contributed by atoms with Gasteiger partial charge >= 0.3 is 0 Å². The van der Waals surface area contributed by atoms with Crippen molar-refractivity contribution in [2.24, 2.45) is 0 Å². The molecular formula is C21H22N4O3S. The lowest BCUT2D eigenvalue weighted by atomic mass is 10.2. The van der Waals surface area contributed by atoms with Gasteiger partial charge in [0.15, 0.2) is 11.5 Å². The number of rotatable bonds is 6. The number of fused-ring (bicyclic) bond motifs is 2. The molecule has 0 unspecified atom stereocenters. The summed E-state index contributed by atoms with van der Waals surface area (Å²) in [5, 5.41) is 4.67. The van der Waals surface area contributed by atoms with Crippen molar-refractivity contribution in [3.8, 4) is 11.5 Å². The summed E-state index contributed by atoms with van der Waals surface area (Å²) in [5.41, 5.74) is 1.56. The molecule has 1 aromatic heterocycles. The third kappa shape index (κ3) is 4.78. The summed E-state index contributed by atoms with van der Waals surface area (Å²) in [6.07, 6.45) is 0. The van der Waals surface area contributed by atoms with E-state index in [1.54, 1.807) is 6.07 Å². The summed E-state index contributed by atoms with van der Waals surface area (Å²) in [7, 11) is 3.96. The minimum absolute atomic E-state index is 0.108. The maximum Gasteiger partial charge on any atom is 0.234 e. The Bertz CT molecular complexity index is 1040. The topological polar surface area (TPSA) is 76.6 Å². The van der Waals surface area contributed by atoms with Gasteiger partial charge < -0.3 is 19.7 Å². The molecule has 2 heterocycles. The monoisotopic (exact) mass is 410 g/mol. The molecule has 7 nitrogen and oxygen atoms in total. The molecular weight excluding hydrogens is 388 g/mol. The zero-order valence-electron chi connectivity index (χ0n) is 16.3. The predicted molar refractivity (Wildman–Crippen MR) is 114 cm³/mol. The highest BCUT2D eigenvalue weighted by molar-refractivity contribution is 8.00. The summed E-state index contributed by atoms with van der Waals surface area (Å²) in [5.74, 6) is 2.23. The van der Waals surface area contributed by atoms with Gasteiger partial charge in [-0.25, -0.2) is 9.97 Å². The normalized spacial score (nSPS) is 12.9. The molecule has 0 bridgehead atoms. The van der Waals surface area contributed by atoms with E-state index in [9.17, 15) is 4.79 Å². The first-order valence-electron chi connectivity index (χ1n) is 9.31. The molecule has 0 atom stereocenters. The molecule has 0 aliphatic carbocycles. The number of carbonyl (C=O) groups excluding carboxylic acids is 1. The fourth-order valence-electron chi connectivity index (χ4n) is 3.01. The number of nitrogens with zero attached hydrogens (tertiary/aromatic N) is 3. The molecule has 4 rings (SSSR count). The van der Waals surface area contributed by atoms with E-state index in [0.717, 1.165) is 21.8 Å². The maximum absolute atomic E-state index is 12.5. The summed E-state index contributed by atoms with van der Waals surface area (Å²) < 4.78 is 11.1. The van der Waals surface area contributed by atoms with Crippen LogP contribution in [0.1, 0.15) is 5.82 Å². The van der Waals surface area contributed by atoms with E-state index in [1.807, 2.05) is 55.4 Å². The van der Waals surface area contributed by atoms with Gasteiger partial charge in [0, 0.05) is 17.1 Å². The number of nitrogens with one attached hydrogen (secondary N) is 1. The molecule has 1 aliphatic heterocycles. The summed E-state index contributed by atoms with van der Waals surface area (Å²) in [4.78, 5) is 23.8. The van der Waals surface area contributed by atoms with Gasteiger partial charge in [0.2, 0.25) is 5.91 Å². The van der Waals surface area contributed by atoms with E-state index in [1.165, 1.54) is 11.8 Å². The Kier molecular flexibility index (Phi) is 5.82. The van der Waals surface area contributed by atoms with Crippen LogP contribution in [0.25, 0.3) is 10.9 Å². The molecule has 0 radical (unpaired) electrons. The molecule has 0 spiro atoms. The molecule has 1 amide bonds. The zero-order valence-corrected chi connectivity index (χ0v) is 17.2. The Hall–Kier alpha value is -2.84. The van der Waals surface area contributed by atoms with E-state index in [0.29, 0.717) is 36.9 Å². The van der Waals surface area contributed by atoms with E-state index in [-0.39, 0.29) is 11.7 Å². The highest BCUT2D eigenvalue weighted by Gasteiger charge is 2.14. The fraction of sp³-hybridized carbons (Fsp3) is 0.286. The van der Waals surface area contributed by atoms with Gasteiger partial charge in [0.1, 0.15) is 24.1 Å². The van der Waals surface area contributed by atoms with Gasteiger partial charge in [0.25, 0.3) is 0 Å². The first-order chi connectivity index (χ1) is 14.1. The van der Waals surface area contributed by atoms with Crippen LogP contribution in [0, 0.1) is 0 Å². The Morgan fingerprint density at radius 2 is 1.90 bits per heavy atom. The minimum atomic E-state index is -0.108. The van der Waals surface area contributed by atoms with Gasteiger partial charge in [-0.3, -0.25) is 4.79 Å². The Morgan fingerprint density at radius 1 is 1.10 bits per heavy atom. The van der Waals surface area contributed by atoms with Crippen LogP contribution < -0.4 is 14.8 Å². The first-order valence-corrected chi connectivity index (χ1v) is 10.3. The van der Waals surface area contributed by atoms with Gasteiger partial charge in [-0.15, -0.1) is 0 Å². The number of hydrogen-bond acceptors (Lipinski definition) is 7. The van der Waals surface area contributed by atoms with Crippen LogP contribution >= 0.6 is 11.8 Å². The standard InChI is InChI=1S/C21H22N4O3S/c1-25(2)12-19-23-16-6-4-3-5-15(16)21(24-19)29-13-20(26)22-14-7-8-17-18(11-14)28-10-9-27-17/h3-8,11H,9-10,12-13H2,1-2H3,(H,22,26). The lowest BCUT2D eigenvalue weighted by Crippen LogP contribution is -2.17. The molecule has 0 saturated heterocycles. The molecule has 1 aliphatic rings. The Morgan fingerprint density at radius 3 is 2.72 bits per heavy atom. The van der Waals surface area contributed by atoms with E-state index in [4.69, 9.17) is 9.47 Å². The molecule has 1 N–H and O–H groups in total. The highest BCUT2D eigenvalue weighted by atomic mass is 32.2. The van der Waals surface area contributed by atoms with Gasteiger partial charge in [-0.2, -0.15) is 0 Å². The summed E-state index contributed by atoms with van der Waals surface area (Å²) >= 11 is 1.41.